The lowest BCUT2D eigenvalue weighted by Crippen LogP contribution is -1.83. The molecule has 0 saturated heterocycles. The van der Waals surface area contributed by atoms with E-state index in [0.717, 1.165) is 12.8 Å². The highest BCUT2D eigenvalue weighted by atomic mass is 14.0. The maximum Gasteiger partial charge on any atom is -0.00884 e. The largest absolute Gasteiger partial charge is 0.0848 e. The van der Waals surface area contributed by atoms with E-state index >= 15 is 0 Å². The van der Waals surface area contributed by atoms with Crippen LogP contribution in [0, 0.1) is 0 Å². The van der Waals surface area contributed by atoms with Crippen LogP contribution >= 0.6 is 0 Å². The van der Waals surface area contributed by atoms with E-state index in [1.54, 1.807) is 0 Å². The van der Waals surface area contributed by atoms with Crippen molar-refractivity contribution in [2.45, 2.75) is 26.7 Å². The summed E-state index contributed by atoms with van der Waals surface area (Å²) in [4.78, 5) is 0. The van der Waals surface area contributed by atoms with Gasteiger partial charge in [-0.05, 0) is 42.0 Å². The van der Waals surface area contributed by atoms with E-state index in [0.29, 0.717) is 0 Å². The lowest BCUT2D eigenvalue weighted by Gasteiger charge is -2.05. The topological polar surface area (TPSA) is 0 Å². The Hall–Kier alpha value is -2.60. The minimum absolute atomic E-state index is 0.927. The molecule has 0 aliphatic carbocycles. The van der Waals surface area contributed by atoms with Crippen LogP contribution in [-0.4, -0.2) is 0 Å². The van der Waals surface area contributed by atoms with Crippen molar-refractivity contribution in [1.29, 1.82) is 0 Å². The molecule has 0 fully saturated rings. The van der Waals surface area contributed by atoms with Crippen LogP contribution in [0.5, 0.6) is 0 Å². The van der Waals surface area contributed by atoms with Gasteiger partial charge in [0.2, 0.25) is 0 Å². The van der Waals surface area contributed by atoms with Gasteiger partial charge in [0.25, 0.3) is 0 Å². The molecule has 0 amide bonds. The molecule has 2 aromatic rings. The molecule has 0 N–H and O–H groups in total. The number of allylic oxidation sites excluding steroid dienone is 8. The number of benzene rings is 2. The van der Waals surface area contributed by atoms with Crippen LogP contribution in [0.1, 0.15) is 37.8 Å². The summed E-state index contributed by atoms with van der Waals surface area (Å²) in [7, 11) is 0. The molecular weight excluding hydrogens is 288 g/mol. The third kappa shape index (κ3) is 5.89. The molecule has 0 aliphatic rings. The van der Waals surface area contributed by atoms with E-state index in [1.807, 2.05) is 0 Å². The van der Waals surface area contributed by atoms with Crippen molar-refractivity contribution in [2.75, 3.05) is 0 Å². The minimum atomic E-state index is 0.927. The number of hydrogen-bond donors (Lipinski definition) is 0. The number of hydrogen-bond acceptors (Lipinski definition) is 0. The maximum absolute atomic E-state index is 2.24. The average Bonchev–Trinajstić information content (AvgIpc) is 2.65. The quantitative estimate of drug-likeness (QED) is 0.479. The normalized spacial score (nSPS) is 13.1. The second kappa shape index (κ2) is 10.2. The highest BCUT2D eigenvalue weighted by molar-refractivity contribution is 5.73. The van der Waals surface area contributed by atoms with Crippen LogP contribution in [0.4, 0.5) is 0 Å². The summed E-state index contributed by atoms with van der Waals surface area (Å²) >= 11 is 0. The van der Waals surface area contributed by atoms with Crippen LogP contribution in [0.3, 0.4) is 0 Å². The van der Waals surface area contributed by atoms with Gasteiger partial charge in [0.05, 0.1) is 0 Å². The second-order valence-corrected chi connectivity index (χ2v) is 5.74. The molecule has 0 unspecified atom stereocenters. The monoisotopic (exact) mass is 314 g/mol. The highest BCUT2D eigenvalue weighted by Gasteiger charge is 1.99. The van der Waals surface area contributed by atoms with Gasteiger partial charge in [-0.1, -0.05) is 104 Å². The summed E-state index contributed by atoms with van der Waals surface area (Å²) in [6.07, 6.45) is 15.1. The van der Waals surface area contributed by atoms with Crippen molar-refractivity contribution in [3.63, 3.8) is 0 Å². The maximum atomic E-state index is 2.24. The predicted octanol–water partition coefficient (Wildman–Crippen LogP) is 7.09. The van der Waals surface area contributed by atoms with Crippen LogP contribution in [0.25, 0.3) is 11.1 Å². The molecule has 2 rings (SSSR count). The fourth-order valence-corrected chi connectivity index (χ4v) is 2.45. The zero-order valence-electron chi connectivity index (χ0n) is 14.7. The lowest BCUT2D eigenvalue weighted by atomic mass is 10.0. The van der Waals surface area contributed by atoms with Gasteiger partial charge in [0, 0.05) is 0 Å². The molecular formula is C24H26. The van der Waals surface area contributed by atoms with Crippen molar-refractivity contribution in [3.05, 3.63) is 108 Å². The van der Waals surface area contributed by atoms with Gasteiger partial charge < -0.3 is 0 Å². The van der Waals surface area contributed by atoms with E-state index in [-0.39, 0.29) is 0 Å². The van der Waals surface area contributed by atoms with Gasteiger partial charge >= 0.3 is 0 Å². The van der Waals surface area contributed by atoms with Crippen LogP contribution in [0.15, 0.2) is 97.1 Å². The summed E-state index contributed by atoms with van der Waals surface area (Å²) < 4.78 is 0. The molecule has 0 saturated carbocycles. The van der Waals surface area contributed by atoms with E-state index in [9.17, 15) is 0 Å². The van der Waals surface area contributed by atoms with Crippen molar-refractivity contribution in [1.82, 2.24) is 0 Å². The molecule has 0 spiro atoms. The molecule has 2 aromatic carbocycles. The van der Waals surface area contributed by atoms with E-state index < -0.39 is 0 Å². The van der Waals surface area contributed by atoms with Crippen molar-refractivity contribution < 1.29 is 0 Å². The Balaban J connectivity index is 2.22. The molecule has 0 aromatic heterocycles. The first-order chi connectivity index (χ1) is 11.8. The van der Waals surface area contributed by atoms with E-state index in [2.05, 4.69) is 111 Å². The fourth-order valence-electron chi connectivity index (χ4n) is 2.45. The predicted molar refractivity (Wildman–Crippen MR) is 108 cm³/mol. The smallest absolute Gasteiger partial charge is 0.00884 e. The third-order valence-corrected chi connectivity index (χ3v) is 3.86. The van der Waals surface area contributed by atoms with Crippen molar-refractivity contribution in [3.8, 4) is 0 Å². The SMILES string of the molecule is CC/C=C\C=C/C/C(=C\C=C(/C)c1ccccc1)c1ccccc1. The van der Waals surface area contributed by atoms with Gasteiger partial charge in [0.1, 0.15) is 0 Å². The molecule has 0 nitrogen and oxygen atoms in total. The van der Waals surface area contributed by atoms with Crippen LogP contribution in [-0.2, 0) is 0 Å². The molecule has 0 heteroatoms. The summed E-state index contributed by atoms with van der Waals surface area (Å²) in [5.74, 6) is 0. The first-order valence-corrected chi connectivity index (χ1v) is 8.61. The standard InChI is InChI=1S/C24H26/c1-3-4-5-6-9-18-24(23-16-12-8-13-17-23)20-19-21(2)22-14-10-7-11-15-22/h4-17,19-20H,3,18H2,1-2H3/b5-4-,9-6-,21-19+,24-20+. The Morgan fingerprint density at radius 3 is 1.96 bits per heavy atom. The average molecular weight is 314 g/mol. The first kappa shape index (κ1) is 17.7. The fraction of sp³-hybridized carbons (Fsp3) is 0.167. The highest BCUT2D eigenvalue weighted by Crippen LogP contribution is 2.21. The Morgan fingerprint density at radius 1 is 0.750 bits per heavy atom. The minimum Gasteiger partial charge on any atom is -0.0848 e. The summed E-state index contributed by atoms with van der Waals surface area (Å²) in [5, 5.41) is 0. The van der Waals surface area contributed by atoms with Gasteiger partial charge in [0.15, 0.2) is 0 Å². The molecule has 0 bridgehead atoms. The zero-order valence-corrected chi connectivity index (χ0v) is 14.7. The molecule has 0 radical (unpaired) electrons. The molecule has 24 heavy (non-hydrogen) atoms. The van der Waals surface area contributed by atoms with E-state index in [4.69, 9.17) is 0 Å². The summed E-state index contributed by atoms with van der Waals surface area (Å²) in [6.45, 7) is 4.31. The van der Waals surface area contributed by atoms with Gasteiger partial charge in [-0.3, -0.25) is 0 Å². The summed E-state index contributed by atoms with van der Waals surface area (Å²) in [6, 6.07) is 21.1. The molecule has 122 valence electrons. The van der Waals surface area contributed by atoms with Gasteiger partial charge in [-0.2, -0.15) is 0 Å². The molecule has 0 aliphatic heterocycles. The van der Waals surface area contributed by atoms with Crippen molar-refractivity contribution in [2.24, 2.45) is 0 Å². The third-order valence-electron chi connectivity index (χ3n) is 3.86. The Bertz CT molecular complexity index is 713. The Morgan fingerprint density at radius 2 is 1.33 bits per heavy atom. The second-order valence-electron chi connectivity index (χ2n) is 5.74. The van der Waals surface area contributed by atoms with Crippen LogP contribution < -0.4 is 0 Å². The first-order valence-electron chi connectivity index (χ1n) is 8.61. The molecule has 0 atom stereocenters. The Kier molecular flexibility index (Phi) is 7.56. The van der Waals surface area contributed by atoms with E-state index in [1.165, 1.54) is 22.3 Å². The Labute approximate surface area is 146 Å². The number of rotatable bonds is 7. The zero-order chi connectivity index (χ0) is 17.0. The van der Waals surface area contributed by atoms with Crippen LogP contribution in [0.2, 0.25) is 0 Å². The van der Waals surface area contributed by atoms with Crippen molar-refractivity contribution >= 4 is 11.1 Å². The van der Waals surface area contributed by atoms with Gasteiger partial charge in [-0.15, -0.1) is 0 Å². The lowest BCUT2D eigenvalue weighted by molar-refractivity contribution is 1.22. The molecule has 0 heterocycles. The summed E-state index contributed by atoms with van der Waals surface area (Å²) in [5.41, 5.74) is 5.15. The van der Waals surface area contributed by atoms with Gasteiger partial charge in [-0.25, -0.2) is 0 Å².